The molecule has 0 unspecified atom stereocenters. The molecule has 2 N–H and O–H groups in total. The molecule has 0 saturated carbocycles. The Labute approximate surface area is 89.0 Å². The Morgan fingerprint density at radius 1 is 1.00 bits per heavy atom. The van der Waals surface area contributed by atoms with E-state index >= 15 is 0 Å². The summed E-state index contributed by atoms with van der Waals surface area (Å²) < 4.78 is 10.8. The van der Waals surface area contributed by atoms with Crippen LogP contribution in [0.25, 0.3) is 0 Å². The maximum Gasteiger partial charge on any atom is 0.0855 e. The van der Waals surface area contributed by atoms with Gasteiger partial charge in [-0.25, -0.2) is 0 Å². The predicted molar refractivity (Wildman–Crippen MR) is 61.5 cm³/mol. The van der Waals surface area contributed by atoms with Crippen molar-refractivity contribution in [1.82, 2.24) is 0 Å². The lowest BCUT2D eigenvalue weighted by atomic mass is 10.1. The number of rotatable bonds is 5. The molecule has 88 valence electrons. The van der Waals surface area contributed by atoms with Crippen molar-refractivity contribution in [2.75, 3.05) is 20.3 Å². The van der Waals surface area contributed by atoms with Crippen molar-refractivity contribution in [2.24, 2.45) is 5.73 Å². The maximum absolute atomic E-state index is 5.58. The average Bonchev–Trinajstić information content (AvgIpc) is 2.19. The quantitative estimate of drug-likeness (QED) is 0.748. The summed E-state index contributed by atoms with van der Waals surface area (Å²) in [6, 6.07) is 0. The van der Waals surface area contributed by atoms with E-state index in [0.29, 0.717) is 13.2 Å². The molecule has 3 nitrogen and oxygen atoms in total. The molecule has 0 aromatic carbocycles. The number of ether oxygens (including phenoxy) is 2. The lowest BCUT2D eigenvalue weighted by molar-refractivity contribution is -0.102. The zero-order chi connectivity index (χ0) is 11.8. The molecule has 14 heavy (non-hydrogen) atoms. The average molecular weight is 205 g/mol. The van der Waals surface area contributed by atoms with Crippen molar-refractivity contribution < 1.29 is 9.47 Å². The van der Waals surface area contributed by atoms with Gasteiger partial charge in [0.2, 0.25) is 0 Å². The van der Waals surface area contributed by atoms with Crippen molar-refractivity contribution in [3.63, 3.8) is 0 Å². The summed E-state index contributed by atoms with van der Waals surface area (Å²) in [5, 5.41) is 0. The zero-order valence-corrected chi connectivity index (χ0v) is 10.8. The van der Waals surface area contributed by atoms with Gasteiger partial charge in [0.1, 0.15) is 0 Å². The second kappa shape index (κ2) is 7.21. The summed E-state index contributed by atoms with van der Waals surface area (Å²) in [4.78, 5) is 0. The molecule has 0 aliphatic carbocycles. The third-order valence-corrected chi connectivity index (χ3v) is 1.85. The van der Waals surface area contributed by atoms with Crippen LogP contribution in [0.4, 0.5) is 0 Å². The molecule has 0 aliphatic heterocycles. The Hall–Kier alpha value is -0.120. The Morgan fingerprint density at radius 3 is 1.71 bits per heavy atom. The smallest absolute Gasteiger partial charge is 0.0855 e. The first-order valence-corrected chi connectivity index (χ1v) is 5.22. The van der Waals surface area contributed by atoms with Crippen molar-refractivity contribution in [1.29, 1.82) is 0 Å². The topological polar surface area (TPSA) is 44.5 Å². The van der Waals surface area contributed by atoms with Crippen LogP contribution in [-0.2, 0) is 9.47 Å². The third kappa shape index (κ3) is 8.48. The second-order valence-electron chi connectivity index (χ2n) is 4.22. The molecule has 0 rings (SSSR count). The van der Waals surface area contributed by atoms with E-state index in [4.69, 9.17) is 15.2 Å². The van der Waals surface area contributed by atoms with Gasteiger partial charge >= 0.3 is 0 Å². The Balaban J connectivity index is 0. The highest BCUT2D eigenvalue weighted by molar-refractivity contribution is 4.73. The van der Waals surface area contributed by atoms with Crippen LogP contribution in [-0.4, -0.2) is 31.5 Å². The normalized spacial score (nSPS) is 12.0. The summed E-state index contributed by atoms with van der Waals surface area (Å²) in [5.41, 5.74) is 5.03. The van der Waals surface area contributed by atoms with Crippen LogP contribution in [0.3, 0.4) is 0 Å². The van der Waals surface area contributed by atoms with Crippen molar-refractivity contribution in [3.8, 4) is 0 Å². The van der Waals surface area contributed by atoms with Crippen LogP contribution in [0, 0.1) is 0 Å². The molecule has 0 fully saturated rings. The van der Waals surface area contributed by atoms with Gasteiger partial charge in [-0.15, -0.1) is 0 Å². The van der Waals surface area contributed by atoms with Gasteiger partial charge in [0, 0.05) is 13.7 Å². The van der Waals surface area contributed by atoms with Gasteiger partial charge in [0.05, 0.1) is 17.8 Å². The van der Waals surface area contributed by atoms with E-state index in [1.54, 1.807) is 7.11 Å². The van der Waals surface area contributed by atoms with Gasteiger partial charge in [-0.2, -0.15) is 0 Å². The number of hydrogen-bond acceptors (Lipinski definition) is 3. The van der Waals surface area contributed by atoms with Crippen molar-refractivity contribution in [3.05, 3.63) is 0 Å². The molecule has 0 spiro atoms. The fraction of sp³-hybridized carbons (Fsp3) is 1.00. The summed E-state index contributed by atoms with van der Waals surface area (Å²) in [7, 11) is 1.68. The fourth-order valence-corrected chi connectivity index (χ4v) is 0.487. The van der Waals surface area contributed by atoms with Crippen LogP contribution >= 0.6 is 0 Å². The molecule has 0 radical (unpaired) electrons. The van der Waals surface area contributed by atoms with Gasteiger partial charge in [-0.05, 0) is 27.7 Å². The van der Waals surface area contributed by atoms with Gasteiger partial charge in [-0.1, -0.05) is 13.8 Å². The first-order valence-electron chi connectivity index (χ1n) is 5.22. The molecule has 0 aromatic rings. The van der Waals surface area contributed by atoms with E-state index < -0.39 is 0 Å². The minimum absolute atomic E-state index is 0.230. The lowest BCUT2D eigenvalue weighted by Gasteiger charge is -2.30. The van der Waals surface area contributed by atoms with E-state index in [-0.39, 0.29) is 11.2 Å². The first kappa shape index (κ1) is 16.3. The molecule has 0 saturated heterocycles. The summed E-state index contributed by atoms with van der Waals surface area (Å²) in [6.07, 6.45) is 0. The Bertz CT molecular complexity index is 117. The molecule has 0 amide bonds. The molecule has 0 aliphatic rings. The predicted octanol–water partition coefficient (Wildman–Crippen LogP) is 2.19. The van der Waals surface area contributed by atoms with Crippen molar-refractivity contribution >= 4 is 0 Å². The van der Waals surface area contributed by atoms with Gasteiger partial charge < -0.3 is 15.2 Å². The first-order chi connectivity index (χ1) is 6.33. The van der Waals surface area contributed by atoms with Crippen LogP contribution in [0.2, 0.25) is 0 Å². The summed E-state index contributed by atoms with van der Waals surface area (Å²) in [6.45, 7) is 13.0. The highest BCUT2D eigenvalue weighted by atomic mass is 16.5. The fourth-order valence-electron chi connectivity index (χ4n) is 0.487. The largest absolute Gasteiger partial charge is 0.376 e. The number of methoxy groups -OCH3 is 1. The monoisotopic (exact) mass is 205 g/mol. The maximum atomic E-state index is 5.58. The minimum atomic E-state index is -0.254. The molecule has 0 aromatic heterocycles. The Morgan fingerprint density at radius 2 is 1.43 bits per heavy atom. The van der Waals surface area contributed by atoms with Gasteiger partial charge in [0.15, 0.2) is 0 Å². The summed E-state index contributed by atoms with van der Waals surface area (Å²) in [5.74, 6) is 0. The number of hydrogen-bond donors (Lipinski definition) is 1. The lowest BCUT2D eigenvalue weighted by Crippen LogP contribution is -2.40. The van der Waals surface area contributed by atoms with E-state index in [1.807, 2.05) is 41.5 Å². The molecule has 0 bridgehead atoms. The molecular weight excluding hydrogens is 178 g/mol. The second-order valence-corrected chi connectivity index (χ2v) is 4.22. The van der Waals surface area contributed by atoms with Gasteiger partial charge in [-0.3, -0.25) is 0 Å². The summed E-state index contributed by atoms with van der Waals surface area (Å²) >= 11 is 0. The molecule has 0 heterocycles. The third-order valence-electron chi connectivity index (χ3n) is 1.85. The Kier molecular flexibility index (Phi) is 8.40. The van der Waals surface area contributed by atoms with Gasteiger partial charge in [0.25, 0.3) is 0 Å². The molecular formula is C11H27NO2. The van der Waals surface area contributed by atoms with E-state index in [1.165, 1.54) is 0 Å². The zero-order valence-electron chi connectivity index (χ0n) is 10.8. The van der Waals surface area contributed by atoms with Crippen LogP contribution in [0.1, 0.15) is 41.5 Å². The van der Waals surface area contributed by atoms with E-state index in [2.05, 4.69) is 0 Å². The number of nitrogens with two attached hydrogens (primary N) is 1. The standard InChI is InChI=1S/C9H21NO2.C2H6/c1-8(2,6-10)12-7-9(3,4)11-5;1-2/h6-7,10H2,1-5H3;1-2H3. The van der Waals surface area contributed by atoms with Crippen molar-refractivity contribution in [2.45, 2.75) is 52.7 Å². The van der Waals surface area contributed by atoms with E-state index in [9.17, 15) is 0 Å². The minimum Gasteiger partial charge on any atom is -0.376 e. The molecule has 0 atom stereocenters. The van der Waals surface area contributed by atoms with Crippen LogP contribution < -0.4 is 5.73 Å². The van der Waals surface area contributed by atoms with Crippen LogP contribution in [0.15, 0.2) is 0 Å². The SMILES string of the molecule is CC.COC(C)(C)COC(C)(C)CN. The highest BCUT2D eigenvalue weighted by Gasteiger charge is 2.23. The highest BCUT2D eigenvalue weighted by Crippen LogP contribution is 2.13. The van der Waals surface area contributed by atoms with Crippen LogP contribution in [0.5, 0.6) is 0 Å². The van der Waals surface area contributed by atoms with E-state index in [0.717, 1.165) is 0 Å². The molecule has 3 heteroatoms.